The lowest BCUT2D eigenvalue weighted by molar-refractivity contribution is 0.644. The van der Waals surface area contributed by atoms with Gasteiger partial charge in [-0.3, -0.25) is 0 Å². The molecule has 0 bridgehead atoms. The van der Waals surface area contributed by atoms with Crippen LogP contribution < -0.4 is 10.6 Å². The van der Waals surface area contributed by atoms with Gasteiger partial charge in [-0.15, -0.1) is 10.2 Å². The third kappa shape index (κ3) is 3.95. The van der Waals surface area contributed by atoms with Gasteiger partial charge in [0.25, 0.3) is 0 Å². The van der Waals surface area contributed by atoms with Crippen molar-refractivity contribution in [2.24, 2.45) is 12.0 Å². The molecule has 2 N–H and O–H groups in total. The Morgan fingerprint density at radius 2 is 2.21 bits per heavy atom. The van der Waals surface area contributed by atoms with Crippen LogP contribution in [-0.4, -0.2) is 33.8 Å². The quantitative estimate of drug-likeness (QED) is 0.586. The highest BCUT2D eigenvalue weighted by Gasteiger charge is 2.44. The lowest BCUT2D eigenvalue weighted by atomic mass is 9.96. The molecule has 3 rings (SSSR count). The molecule has 2 aromatic rings. The number of nitrogens with zero attached hydrogens (tertiary/aromatic N) is 4. The summed E-state index contributed by atoms with van der Waals surface area (Å²) in [5, 5.41) is 14.7. The van der Waals surface area contributed by atoms with E-state index < -0.39 is 0 Å². The molecule has 0 atom stereocenters. The SMILES string of the molecule is CCNC(=NCc1nncn1C)NCC1(c2cccc(Br)c2)CC1. The van der Waals surface area contributed by atoms with Crippen molar-refractivity contribution >= 4 is 21.9 Å². The Balaban J connectivity index is 1.65. The zero-order chi connectivity index (χ0) is 17.0. The van der Waals surface area contributed by atoms with Crippen molar-refractivity contribution in [1.29, 1.82) is 0 Å². The highest BCUT2D eigenvalue weighted by Crippen LogP contribution is 2.48. The van der Waals surface area contributed by atoms with Gasteiger partial charge in [-0.1, -0.05) is 28.1 Å². The molecule has 1 fully saturated rings. The summed E-state index contributed by atoms with van der Waals surface area (Å²) in [5.41, 5.74) is 1.61. The second-order valence-corrected chi connectivity index (χ2v) is 7.11. The Morgan fingerprint density at radius 1 is 1.38 bits per heavy atom. The van der Waals surface area contributed by atoms with Crippen LogP contribution in [0.5, 0.6) is 0 Å². The average Bonchev–Trinajstić information content (AvgIpc) is 3.26. The van der Waals surface area contributed by atoms with Gasteiger partial charge in [-0.2, -0.15) is 0 Å². The van der Waals surface area contributed by atoms with Crippen molar-refractivity contribution < 1.29 is 0 Å². The van der Waals surface area contributed by atoms with E-state index in [9.17, 15) is 0 Å². The van der Waals surface area contributed by atoms with Gasteiger partial charge in [0.1, 0.15) is 12.9 Å². The molecule has 24 heavy (non-hydrogen) atoms. The fourth-order valence-electron chi connectivity index (χ4n) is 2.73. The van der Waals surface area contributed by atoms with Crippen LogP contribution in [0.25, 0.3) is 0 Å². The van der Waals surface area contributed by atoms with E-state index in [1.807, 2.05) is 11.6 Å². The second kappa shape index (κ2) is 7.34. The number of hydrogen-bond acceptors (Lipinski definition) is 3. The molecule has 1 aromatic heterocycles. The fourth-order valence-corrected chi connectivity index (χ4v) is 3.13. The first kappa shape index (κ1) is 17.0. The molecule has 1 heterocycles. The number of rotatable bonds is 6. The zero-order valence-electron chi connectivity index (χ0n) is 14.1. The monoisotopic (exact) mass is 390 g/mol. The highest BCUT2D eigenvalue weighted by molar-refractivity contribution is 9.10. The molecule has 0 unspecified atom stereocenters. The van der Waals surface area contributed by atoms with Gasteiger partial charge in [-0.25, -0.2) is 4.99 Å². The smallest absolute Gasteiger partial charge is 0.191 e. The molecule has 1 aliphatic carbocycles. The van der Waals surface area contributed by atoms with Crippen molar-refractivity contribution in [1.82, 2.24) is 25.4 Å². The minimum absolute atomic E-state index is 0.227. The summed E-state index contributed by atoms with van der Waals surface area (Å²) < 4.78 is 3.02. The van der Waals surface area contributed by atoms with E-state index in [1.54, 1.807) is 6.33 Å². The van der Waals surface area contributed by atoms with Gasteiger partial charge in [0, 0.05) is 30.0 Å². The number of nitrogens with one attached hydrogen (secondary N) is 2. The molecule has 6 nitrogen and oxygen atoms in total. The minimum atomic E-state index is 0.227. The number of hydrogen-bond donors (Lipinski definition) is 2. The molecule has 7 heteroatoms. The molecule has 0 saturated heterocycles. The summed E-state index contributed by atoms with van der Waals surface area (Å²) in [6.45, 7) is 4.29. The predicted molar refractivity (Wildman–Crippen MR) is 98.9 cm³/mol. The van der Waals surface area contributed by atoms with Gasteiger partial charge < -0.3 is 15.2 Å². The van der Waals surface area contributed by atoms with Crippen LogP contribution in [0.3, 0.4) is 0 Å². The fraction of sp³-hybridized carbons (Fsp3) is 0.471. The molecule has 1 saturated carbocycles. The van der Waals surface area contributed by atoms with Crippen LogP contribution in [-0.2, 0) is 19.0 Å². The van der Waals surface area contributed by atoms with Gasteiger partial charge in [0.15, 0.2) is 11.8 Å². The van der Waals surface area contributed by atoms with Crippen molar-refractivity contribution in [3.8, 4) is 0 Å². The first-order valence-electron chi connectivity index (χ1n) is 8.24. The van der Waals surface area contributed by atoms with E-state index in [4.69, 9.17) is 0 Å². The van der Waals surface area contributed by atoms with E-state index in [-0.39, 0.29) is 5.41 Å². The molecule has 1 aliphatic rings. The third-order valence-corrected chi connectivity index (χ3v) is 4.91. The zero-order valence-corrected chi connectivity index (χ0v) is 15.7. The lowest BCUT2D eigenvalue weighted by Crippen LogP contribution is -2.41. The minimum Gasteiger partial charge on any atom is -0.357 e. The predicted octanol–water partition coefficient (Wildman–Crippen LogP) is 2.36. The molecular weight excluding hydrogens is 368 g/mol. The maximum Gasteiger partial charge on any atom is 0.191 e. The number of guanidine groups is 1. The highest BCUT2D eigenvalue weighted by atomic mass is 79.9. The van der Waals surface area contributed by atoms with Crippen molar-refractivity contribution in [2.45, 2.75) is 31.7 Å². The number of benzene rings is 1. The molecule has 0 aliphatic heterocycles. The van der Waals surface area contributed by atoms with E-state index in [0.717, 1.165) is 29.3 Å². The van der Waals surface area contributed by atoms with E-state index in [2.05, 4.69) is 72.9 Å². The Labute approximate surface area is 150 Å². The number of aryl methyl sites for hydroxylation is 1. The van der Waals surface area contributed by atoms with Gasteiger partial charge >= 0.3 is 0 Å². The molecule has 0 spiro atoms. The van der Waals surface area contributed by atoms with Crippen LogP contribution in [0, 0.1) is 0 Å². The topological polar surface area (TPSA) is 67.1 Å². The van der Waals surface area contributed by atoms with Gasteiger partial charge in [-0.05, 0) is 37.5 Å². The molecule has 0 amide bonds. The summed E-state index contributed by atoms with van der Waals surface area (Å²) in [6.07, 6.45) is 4.11. The van der Waals surface area contributed by atoms with Crippen LogP contribution in [0.1, 0.15) is 31.2 Å². The summed E-state index contributed by atoms with van der Waals surface area (Å²) in [7, 11) is 1.93. The maximum atomic E-state index is 4.62. The van der Waals surface area contributed by atoms with Crippen molar-refractivity contribution in [2.75, 3.05) is 13.1 Å². The Hall–Kier alpha value is -1.89. The average molecular weight is 391 g/mol. The summed E-state index contributed by atoms with van der Waals surface area (Å²) in [6, 6.07) is 8.60. The van der Waals surface area contributed by atoms with Crippen LogP contribution in [0.2, 0.25) is 0 Å². The van der Waals surface area contributed by atoms with Crippen molar-refractivity contribution in [3.05, 3.63) is 46.5 Å². The Morgan fingerprint density at radius 3 is 2.83 bits per heavy atom. The van der Waals surface area contributed by atoms with E-state index in [1.165, 1.54) is 18.4 Å². The standard InChI is InChI=1S/C17H23BrN6/c1-3-19-16(20-10-15-23-22-12-24(15)2)21-11-17(7-8-17)13-5-4-6-14(18)9-13/h4-6,9,12H,3,7-8,10-11H2,1-2H3,(H2,19,20,21). The van der Waals surface area contributed by atoms with Crippen LogP contribution >= 0.6 is 15.9 Å². The second-order valence-electron chi connectivity index (χ2n) is 6.20. The molecule has 128 valence electrons. The number of aliphatic imine (C=N–C) groups is 1. The maximum absolute atomic E-state index is 4.62. The molecular formula is C17H23BrN6. The summed E-state index contributed by atoms with van der Waals surface area (Å²) in [4.78, 5) is 4.62. The van der Waals surface area contributed by atoms with Crippen LogP contribution in [0.15, 0.2) is 40.1 Å². The van der Waals surface area contributed by atoms with Gasteiger partial charge in [0.2, 0.25) is 0 Å². The van der Waals surface area contributed by atoms with E-state index in [0.29, 0.717) is 6.54 Å². The summed E-state index contributed by atoms with van der Waals surface area (Å²) in [5.74, 6) is 1.67. The Kier molecular flexibility index (Phi) is 5.18. The first-order valence-corrected chi connectivity index (χ1v) is 9.03. The van der Waals surface area contributed by atoms with Gasteiger partial charge in [0.05, 0.1) is 0 Å². The normalized spacial score (nSPS) is 16.0. The molecule has 0 radical (unpaired) electrons. The largest absolute Gasteiger partial charge is 0.357 e. The lowest BCUT2D eigenvalue weighted by Gasteiger charge is -2.19. The molecule has 1 aromatic carbocycles. The van der Waals surface area contributed by atoms with E-state index >= 15 is 0 Å². The van der Waals surface area contributed by atoms with Crippen molar-refractivity contribution in [3.63, 3.8) is 0 Å². The summed E-state index contributed by atoms with van der Waals surface area (Å²) >= 11 is 3.57. The third-order valence-electron chi connectivity index (χ3n) is 4.41. The first-order chi connectivity index (χ1) is 11.6. The Bertz CT molecular complexity index is 719. The van der Waals surface area contributed by atoms with Crippen LogP contribution in [0.4, 0.5) is 0 Å². The number of aromatic nitrogens is 3. The number of halogens is 1.